The van der Waals surface area contributed by atoms with Crippen LogP contribution in [0.3, 0.4) is 0 Å². The largest absolute Gasteiger partial charge is 0.339 e. The van der Waals surface area contributed by atoms with Gasteiger partial charge in [0.25, 0.3) is 0 Å². The lowest BCUT2D eigenvalue weighted by atomic mass is 10.1. The van der Waals surface area contributed by atoms with E-state index in [1.807, 2.05) is 6.92 Å². The van der Waals surface area contributed by atoms with E-state index >= 15 is 0 Å². The van der Waals surface area contributed by atoms with E-state index in [-0.39, 0.29) is 0 Å². The van der Waals surface area contributed by atoms with Gasteiger partial charge in [-0.15, -0.1) is 0 Å². The van der Waals surface area contributed by atoms with E-state index in [0.717, 1.165) is 0 Å². The number of rotatable bonds is 4. The average Bonchev–Trinajstić information content (AvgIpc) is 2.78. The Hall–Kier alpha value is -1.82. The van der Waals surface area contributed by atoms with Crippen LogP contribution in [-0.4, -0.2) is 26.7 Å². The van der Waals surface area contributed by atoms with Gasteiger partial charge in [-0.25, -0.2) is 4.98 Å². The first-order chi connectivity index (χ1) is 7.79. The fourth-order valence-corrected chi connectivity index (χ4v) is 1.24. The van der Waals surface area contributed by atoms with E-state index in [1.165, 1.54) is 0 Å². The topological polar surface area (TPSA) is 90.7 Å². The molecule has 0 spiro atoms. The second-order valence-corrected chi connectivity index (χ2v) is 3.65. The molecule has 84 valence electrons. The predicted octanol–water partition coefficient (Wildman–Crippen LogP) is 0.664. The molecule has 1 atom stereocenters. The summed E-state index contributed by atoms with van der Waals surface area (Å²) in [6.07, 6.45) is 5.47. The van der Waals surface area contributed by atoms with Gasteiger partial charge < -0.3 is 10.3 Å². The Kier molecular flexibility index (Phi) is 3.21. The lowest BCUT2D eigenvalue weighted by Gasteiger charge is -2.01. The van der Waals surface area contributed by atoms with Crippen molar-refractivity contribution in [2.24, 2.45) is 11.7 Å². The zero-order valence-corrected chi connectivity index (χ0v) is 9.00. The van der Waals surface area contributed by atoms with Crippen molar-refractivity contribution in [3.8, 4) is 11.5 Å². The molecule has 0 bridgehead atoms. The van der Waals surface area contributed by atoms with Crippen LogP contribution in [0, 0.1) is 5.92 Å². The van der Waals surface area contributed by atoms with Gasteiger partial charge in [0.1, 0.15) is 5.69 Å². The third-order valence-corrected chi connectivity index (χ3v) is 2.19. The van der Waals surface area contributed by atoms with E-state index in [0.29, 0.717) is 36.3 Å². The Bertz CT molecular complexity index is 441. The third kappa shape index (κ3) is 2.40. The Morgan fingerprint density at radius 3 is 3.00 bits per heavy atom. The van der Waals surface area contributed by atoms with Gasteiger partial charge >= 0.3 is 0 Å². The van der Waals surface area contributed by atoms with E-state index in [2.05, 4.69) is 20.1 Å². The molecular weight excluding hydrogens is 206 g/mol. The summed E-state index contributed by atoms with van der Waals surface area (Å²) in [5, 5.41) is 3.84. The number of aromatic nitrogens is 4. The molecule has 2 heterocycles. The Morgan fingerprint density at radius 1 is 1.44 bits per heavy atom. The van der Waals surface area contributed by atoms with E-state index < -0.39 is 0 Å². The van der Waals surface area contributed by atoms with Crippen molar-refractivity contribution in [1.29, 1.82) is 0 Å². The Morgan fingerprint density at radius 2 is 2.31 bits per heavy atom. The van der Waals surface area contributed by atoms with Crippen LogP contribution in [0.15, 0.2) is 23.1 Å². The molecule has 0 fully saturated rings. The Balaban J connectivity index is 2.14. The number of nitrogens with two attached hydrogens (primary N) is 1. The fraction of sp³-hybridized carbons (Fsp3) is 0.400. The highest BCUT2D eigenvalue weighted by Crippen LogP contribution is 2.12. The fourth-order valence-electron chi connectivity index (χ4n) is 1.24. The molecule has 6 nitrogen and oxygen atoms in total. The molecular formula is C10H13N5O. The molecule has 0 saturated carbocycles. The maximum atomic E-state index is 5.53. The SMILES string of the molecule is CC(CN)Cc1nc(-c2cnccn2)no1. The molecule has 2 aromatic heterocycles. The molecule has 0 radical (unpaired) electrons. The van der Waals surface area contributed by atoms with Crippen LogP contribution in [0.25, 0.3) is 11.5 Å². The molecule has 2 N–H and O–H groups in total. The summed E-state index contributed by atoms with van der Waals surface area (Å²) in [4.78, 5) is 12.3. The van der Waals surface area contributed by atoms with Crippen molar-refractivity contribution in [3.05, 3.63) is 24.5 Å². The zero-order chi connectivity index (χ0) is 11.4. The van der Waals surface area contributed by atoms with Gasteiger partial charge in [-0.3, -0.25) is 4.98 Å². The molecule has 0 aromatic carbocycles. The first-order valence-corrected chi connectivity index (χ1v) is 5.08. The molecule has 0 aliphatic rings. The highest BCUT2D eigenvalue weighted by molar-refractivity contribution is 5.45. The van der Waals surface area contributed by atoms with Crippen molar-refractivity contribution in [3.63, 3.8) is 0 Å². The van der Waals surface area contributed by atoms with Crippen LogP contribution < -0.4 is 5.73 Å². The van der Waals surface area contributed by atoms with E-state index in [1.54, 1.807) is 18.6 Å². The van der Waals surface area contributed by atoms with Crippen LogP contribution in [0.1, 0.15) is 12.8 Å². The lowest BCUT2D eigenvalue weighted by molar-refractivity contribution is 0.359. The first kappa shape index (κ1) is 10.7. The molecule has 2 rings (SSSR count). The number of nitrogens with zero attached hydrogens (tertiary/aromatic N) is 4. The summed E-state index contributed by atoms with van der Waals surface area (Å²) in [5.74, 6) is 1.38. The summed E-state index contributed by atoms with van der Waals surface area (Å²) in [7, 11) is 0. The molecule has 6 heteroatoms. The van der Waals surface area contributed by atoms with Crippen molar-refractivity contribution < 1.29 is 4.52 Å². The second kappa shape index (κ2) is 4.80. The summed E-state index contributed by atoms with van der Waals surface area (Å²) in [5.41, 5.74) is 6.13. The minimum Gasteiger partial charge on any atom is -0.339 e. The summed E-state index contributed by atoms with van der Waals surface area (Å²) in [6.45, 7) is 2.63. The van der Waals surface area contributed by atoms with Gasteiger partial charge in [-0.1, -0.05) is 12.1 Å². The molecule has 0 aliphatic heterocycles. The van der Waals surface area contributed by atoms with Crippen molar-refractivity contribution in [2.45, 2.75) is 13.3 Å². The lowest BCUT2D eigenvalue weighted by Crippen LogP contribution is -2.13. The van der Waals surface area contributed by atoms with Crippen molar-refractivity contribution >= 4 is 0 Å². The van der Waals surface area contributed by atoms with Crippen LogP contribution >= 0.6 is 0 Å². The maximum Gasteiger partial charge on any atom is 0.227 e. The van der Waals surface area contributed by atoms with Gasteiger partial charge in [0.15, 0.2) is 0 Å². The quantitative estimate of drug-likeness (QED) is 0.812. The molecule has 0 amide bonds. The Labute approximate surface area is 92.9 Å². The smallest absolute Gasteiger partial charge is 0.227 e. The maximum absolute atomic E-state index is 5.53. The van der Waals surface area contributed by atoms with Crippen molar-refractivity contribution in [1.82, 2.24) is 20.1 Å². The summed E-state index contributed by atoms with van der Waals surface area (Å²) < 4.78 is 5.11. The van der Waals surface area contributed by atoms with Gasteiger partial charge in [0.05, 0.1) is 6.20 Å². The predicted molar refractivity (Wildman–Crippen MR) is 57.2 cm³/mol. The van der Waals surface area contributed by atoms with Crippen LogP contribution in [0.2, 0.25) is 0 Å². The van der Waals surface area contributed by atoms with Crippen LogP contribution in [0.4, 0.5) is 0 Å². The van der Waals surface area contributed by atoms with Crippen molar-refractivity contribution in [2.75, 3.05) is 6.54 Å². The van der Waals surface area contributed by atoms with E-state index in [4.69, 9.17) is 10.3 Å². The molecule has 0 aliphatic carbocycles. The number of hydrogen-bond donors (Lipinski definition) is 1. The minimum atomic E-state index is 0.329. The highest BCUT2D eigenvalue weighted by Gasteiger charge is 2.11. The average molecular weight is 219 g/mol. The summed E-state index contributed by atoms with van der Waals surface area (Å²) in [6, 6.07) is 0. The third-order valence-electron chi connectivity index (χ3n) is 2.19. The highest BCUT2D eigenvalue weighted by atomic mass is 16.5. The standard InChI is InChI=1S/C10H13N5O/c1-7(5-11)4-9-14-10(15-16-9)8-6-12-2-3-13-8/h2-3,6-7H,4-5,11H2,1H3. The second-order valence-electron chi connectivity index (χ2n) is 3.65. The van der Waals surface area contributed by atoms with Gasteiger partial charge in [0, 0.05) is 18.8 Å². The van der Waals surface area contributed by atoms with Crippen LogP contribution in [0.5, 0.6) is 0 Å². The molecule has 0 saturated heterocycles. The zero-order valence-electron chi connectivity index (χ0n) is 9.00. The monoisotopic (exact) mass is 219 g/mol. The van der Waals surface area contributed by atoms with Gasteiger partial charge in [-0.05, 0) is 12.5 Å². The normalized spacial score (nSPS) is 12.6. The van der Waals surface area contributed by atoms with Gasteiger partial charge in [-0.2, -0.15) is 4.98 Å². The first-order valence-electron chi connectivity index (χ1n) is 5.08. The van der Waals surface area contributed by atoms with Gasteiger partial charge in [0.2, 0.25) is 11.7 Å². The molecule has 16 heavy (non-hydrogen) atoms. The minimum absolute atomic E-state index is 0.329. The van der Waals surface area contributed by atoms with E-state index in [9.17, 15) is 0 Å². The number of hydrogen-bond acceptors (Lipinski definition) is 6. The summed E-state index contributed by atoms with van der Waals surface area (Å²) >= 11 is 0. The molecule has 1 unspecified atom stereocenters. The molecule has 2 aromatic rings. The van der Waals surface area contributed by atoms with Crippen LogP contribution in [-0.2, 0) is 6.42 Å².